The molecule has 0 saturated carbocycles. The maximum absolute atomic E-state index is 9.44. The molecule has 0 atom stereocenters. The average molecular weight is 146 g/mol. The number of carbonyl (C=O) groups is 1. The van der Waals surface area contributed by atoms with Gasteiger partial charge in [-0.2, -0.15) is 0 Å². The van der Waals surface area contributed by atoms with Gasteiger partial charge < -0.3 is 4.79 Å². The van der Waals surface area contributed by atoms with Gasteiger partial charge in [0.15, 0.2) is 0 Å². The fourth-order valence-corrected chi connectivity index (χ4v) is 0. The van der Waals surface area contributed by atoms with Crippen molar-refractivity contribution in [3.8, 4) is 0 Å². The molecule has 0 aliphatic heterocycles. The van der Waals surface area contributed by atoms with Crippen molar-refractivity contribution in [3.63, 3.8) is 0 Å². The van der Waals surface area contributed by atoms with Gasteiger partial charge in [-0.15, -0.1) is 0 Å². The van der Waals surface area contributed by atoms with Crippen molar-refractivity contribution in [2.24, 2.45) is 0 Å². The summed E-state index contributed by atoms with van der Waals surface area (Å²) in [7, 11) is 0. The molecule has 0 bridgehead atoms. The first-order chi connectivity index (χ1) is 1.73. The molecule has 0 heterocycles. The molecule has 0 fully saturated rings. The molecule has 2 radical (unpaired) electrons. The van der Waals surface area contributed by atoms with Crippen LogP contribution >= 0.6 is 0 Å². The second-order valence-corrected chi connectivity index (χ2v) is 0.908. The van der Waals surface area contributed by atoms with Crippen LogP contribution in [0.15, 0.2) is 0 Å². The van der Waals surface area contributed by atoms with Crippen molar-refractivity contribution in [1.82, 2.24) is 0 Å². The maximum atomic E-state index is 9.44. The van der Waals surface area contributed by atoms with Crippen LogP contribution in [0.2, 0.25) is 0 Å². The summed E-state index contributed by atoms with van der Waals surface area (Å²) in [5.41, 5.74) is 0. The Hall–Kier alpha value is 1.15. The minimum absolute atomic E-state index is 0. The summed E-state index contributed by atoms with van der Waals surface area (Å²) in [6.07, 6.45) is 0. The number of rotatable bonds is 0. The predicted molar refractivity (Wildman–Crippen MR) is 22.1 cm³/mol. The number of hydrogen-bond donors (Lipinski definition) is 0. The van der Waals surface area contributed by atoms with Gasteiger partial charge in [0.25, 0.3) is 0 Å². The van der Waals surface area contributed by atoms with E-state index >= 15 is 0 Å². The Morgan fingerprint density at radius 2 is 1.40 bits per heavy atom. The predicted octanol–water partition coefficient (Wildman–Crippen LogP) is 0.214. The van der Waals surface area contributed by atoms with Crippen molar-refractivity contribution < 1.29 is 4.79 Å². The van der Waals surface area contributed by atoms with Crippen molar-refractivity contribution in [1.29, 1.82) is 0 Å². The quantitative estimate of drug-likeness (QED) is 0.446. The first-order valence-electron chi connectivity index (χ1n) is 1.20. The summed E-state index contributed by atoms with van der Waals surface area (Å²) < 4.78 is 0. The van der Waals surface area contributed by atoms with Crippen LogP contribution in [-0.4, -0.2) is 51.3 Å². The van der Waals surface area contributed by atoms with Gasteiger partial charge in [-0.3, -0.25) is 0 Å². The Bertz CT molecular complexity index is 29.9. The molecule has 2 heteroatoms. The second kappa shape index (κ2) is 5.15. The maximum Gasteiger partial charge on any atom is 0.126 e. The molecule has 26 valence electrons. The molecule has 0 aliphatic rings. The molecule has 1 nitrogen and oxygen atoms in total. The van der Waals surface area contributed by atoms with Crippen molar-refractivity contribution in [2.45, 2.75) is 13.8 Å². The molecule has 0 spiro atoms. The molecule has 0 amide bonds. The molecule has 0 aromatic heterocycles. The first-order valence-corrected chi connectivity index (χ1v) is 1.20. The minimum Gasteiger partial charge on any atom is -0.300 e. The number of hydrogen-bond acceptors (Lipinski definition) is 1. The summed E-state index contributed by atoms with van der Waals surface area (Å²) in [5.74, 6) is 0.167. The summed E-state index contributed by atoms with van der Waals surface area (Å²) >= 11 is 0. The third kappa shape index (κ3) is 38.6. The van der Waals surface area contributed by atoms with Crippen LogP contribution in [0.4, 0.5) is 0 Å². The smallest absolute Gasteiger partial charge is 0.126 e. The van der Waals surface area contributed by atoms with E-state index in [2.05, 4.69) is 0 Å². The van der Waals surface area contributed by atoms with E-state index in [0.29, 0.717) is 0 Å². The van der Waals surface area contributed by atoms with E-state index in [1.54, 1.807) is 0 Å². The Morgan fingerprint density at radius 1 is 1.40 bits per heavy atom. The van der Waals surface area contributed by atoms with Crippen LogP contribution < -0.4 is 0 Å². The fourth-order valence-electron chi connectivity index (χ4n) is 0. The zero-order valence-electron chi connectivity index (χ0n) is 3.62. The fraction of sp³-hybridized carbons (Fsp3) is 0.667. The van der Waals surface area contributed by atoms with Gasteiger partial charge in [0.1, 0.15) is 5.78 Å². The summed E-state index contributed by atoms with van der Waals surface area (Å²) in [6.45, 7) is 3.06. The first kappa shape index (κ1) is 9.47. The SMILES string of the molecule is CC(C)=O.[Sr]. The molecule has 0 aromatic carbocycles. The zero-order chi connectivity index (χ0) is 3.58. The third-order valence-corrected chi connectivity index (χ3v) is 0. The largest absolute Gasteiger partial charge is 0.300 e. The van der Waals surface area contributed by atoms with Crippen LogP contribution in [0.1, 0.15) is 13.8 Å². The van der Waals surface area contributed by atoms with E-state index < -0.39 is 0 Å². The molecular formula is C3H6OSr. The Morgan fingerprint density at radius 3 is 1.40 bits per heavy atom. The van der Waals surface area contributed by atoms with Gasteiger partial charge in [-0.1, -0.05) is 0 Å². The van der Waals surface area contributed by atoms with E-state index in [1.165, 1.54) is 13.8 Å². The van der Waals surface area contributed by atoms with Gasteiger partial charge in [0, 0.05) is 45.5 Å². The van der Waals surface area contributed by atoms with Gasteiger partial charge >= 0.3 is 0 Å². The van der Waals surface area contributed by atoms with E-state index in [-0.39, 0.29) is 51.3 Å². The van der Waals surface area contributed by atoms with Crippen molar-refractivity contribution in [3.05, 3.63) is 0 Å². The van der Waals surface area contributed by atoms with Gasteiger partial charge in [-0.25, -0.2) is 0 Å². The average Bonchev–Trinajstić information content (AvgIpc) is 0.811. The van der Waals surface area contributed by atoms with Crippen LogP contribution in [0, 0.1) is 0 Å². The van der Waals surface area contributed by atoms with Crippen molar-refractivity contribution >= 4 is 51.3 Å². The molecular weight excluding hydrogens is 140 g/mol. The standard InChI is InChI=1S/C3H6O.Sr/c1-3(2)4;/h1-2H3;. The molecule has 0 aromatic rings. The Balaban J connectivity index is 0. The molecule has 0 unspecified atom stereocenters. The third-order valence-electron chi connectivity index (χ3n) is 0. The van der Waals surface area contributed by atoms with Crippen molar-refractivity contribution in [2.75, 3.05) is 0 Å². The normalized spacial score (nSPS) is 5.20. The summed E-state index contributed by atoms with van der Waals surface area (Å²) in [6, 6.07) is 0. The van der Waals surface area contributed by atoms with E-state index in [9.17, 15) is 4.79 Å². The van der Waals surface area contributed by atoms with E-state index in [4.69, 9.17) is 0 Å². The molecule has 0 saturated heterocycles. The number of Topliss-reactive ketones (excluding diaryl/α,β-unsaturated/α-hetero) is 1. The van der Waals surface area contributed by atoms with Gasteiger partial charge in [0.05, 0.1) is 0 Å². The topological polar surface area (TPSA) is 17.1 Å². The van der Waals surface area contributed by atoms with Crippen LogP contribution in [0.5, 0.6) is 0 Å². The Labute approximate surface area is 69.0 Å². The molecule has 0 aliphatic carbocycles. The van der Waals surface area contributed by atoms with E-state index in [1.807, 2.05) is 0 Å². The van der Waals surface area contributed by atoms with Crippen LogP contribution in [0.25, 0.3) is 0 Å². The minimum atomic E-state index is 0. The van der Waals surface area contributed by atoms with Crippen LogP contribution in [0.3, 0.4) is 0 Å². The van der Waals surface area contributed by atoms with E-state index in [0.717, 1.165) is 0 Å². The monoisotopic (exact) mass is 146 g/mol. The Kier molecular flexibility index (Phi) is 9.76. The molecule has 0 rings (SSSR count). The van der Waals surface area contributed by atoms with Gasteiger partial charge in [-0.05, 0) is 13.8 Å². The van der Waals surface area contributed by atoms with Gasteiger partial charge in [0.2, 0.25) is 0 Å². The second-order valence-electron chi connectivity index (χ2n) is 0.908. The summed E-state index contributed by atoms with van der Waals surface area (Å²) in [4.78, 5) is 9.44. The molecule has 5 heavy (non-hydrogen) atoms. The van der Waals surface area contributed by atoms with Crippen LogP contribution in [-0.2, 0) is 4.79 Å². The summed E-state index contributed by atoms with van der Waals surface area (Å²) in [5, 5.41) is 0. The number of ketones is 1. The zero-order valence-corrected chi connectivity index (χ0v) is 7.09. The molecule has 0 N–H and O–H groups in total. The number of carbonyl (C=O) groups excluding carboxylic acids is 1.